The second-order valence-electron chi connectivity index (χ2n) is 7.83. The number of ether oxygens (including phenoxy) is 2. The van der Waals surface area contributed by atoms with Gasteiger partial charge < -0.3 is 20.1 Å². The van der Waals surface area contributed by atoms with Crippen LogP contribution >= 0.6 is 0 Å². The van der Waals surface area contributed by atoms with Crippen molar-refractivity contribution >= 4 is 5.91 Å². The summed E-state index contributed by atoms with van der Waals surface area (Å²) in [6.07, 6.45) is 7.68. The zero-order chi connectivity index (χ0) is 20.1. The van der Waals surface area contributed by atoms with E-state index in [1.807, 2.05) is 43.3 Å². The highest BCUT2D eigenvalue weighted by Crippen LogP contribution is 2.33. The number of carbonyl (C=O) groups is 1. The van der Waals surface area contributed by atoms with Gasteiger partial charge in [0.1, 0.15) is 11.5 Å². The quantitative estimate of drug-likeness (QED) is 0.746. The first-order valence-corrected chi connectivity index (χ1v) is 10.6. The van der Waals surface area contributed by atoms with E-state index in [2.05, 4.69) is 15.6 Å². The Morgan fingerprint density at radius 2 is 1.97 bits per heavy atom. The van der Waals surface area contributed by atoms with Gasteiger partial charge in [-0.15, -0.1) is 0 Å². The third kappa shape index (κ3) is 5.07. The lowest BCUT2D eigenvalue weighted by molar-refractivity contribution is -0.123. The number of carbonyl (C=O) groups excluding carboxylic acids is 1. The highest BCUT2D eigenvalue weighted by Gasteiger charge is 2.37. The van der Waals surface area contributed by atoms with Crippen molar-refractivity contribution in [3.63, 3.8) is 0 Å². The van der Waals surface area contributed by atoms with E-state index >= 15 is 0 Å². The summed E-state index contributed by atoms with van der Waals surface area (Å²) in [4.78, 5) is 16.9. The minimum Gasteiger partial charge on any atom is -0.494 e. The third-order valence-corrected chi connectivity index (χ3v) is 5.80. The van der Waals surface area contributed by atoms with Crippen molar-refractivity contribution in [2.75, 3.05) is 6.61 Å². The van der Waals surface area contributed by atoms with Crippen LogP contribution in [0.25, 0.3) is 0 Å². The first-order valence-electron chi connectivity index (χ1n) is 10.6. The Hall–Kier alpha value is -2.60. The van der Waals surface area contributed by atoms with Crippen LogP contribution in [0.2, 0.25) is 0 Å². The molecular weight excluding hydrogens is 366 g/mol. The van der Waals surface area contributed by atoms with Crippen molar-refractivity contribution in [1.29, 1.82) is 0 Å². The van der Waals surface area contributed by atoms with E-state index in [0.717, 1.165) is 17.7 Å². The molecule has 0 radical (unpaired) electrons. The highest BCUT2D eigenvalue weighted by molar-refractivity contribution is 5.82. The average Bonchev–Trinajstić information content (AvgIpc) is 3.18. The van der Waals surface area contributed by atoms with Gasteiger partial charge in [0.15, 0.2) is 0 Å². The molecule has 1 aliphatic carbocycles. The van der Waals surface area contributed by atoms with Crippen molar-refractivity contribution in [3.8, 4) is 17.4 Å². The SMILES string of the molecule is CCOc1ccc(Oc2cc(CNC(=O)C3CC4CCCCC4N3)ccn2)cc1. The van der Waals surface area contributed by atoms with Crippen LogP contribution in [0, 0.1) is 5.92 Å². The third-order valence-electron chi connectivity index (χ3n) is 5.80. The number of benzene rings is 1. The normalized spacial score (nSPS) is 23.3. The number of fused-ring (bicyclic) bond motifs is 1. The van der Waals surface area contributed by atoms with E-state index in [-0.39, 0.29) is 11.9 Å². The fourth-order valence-corrected chi connectivity index (χ4v) is 4.34. The minimum atomic E-state index is -0.0653. The molecule has 2 aliphatic rings. The van der Waals surface area contributed by atoms with Crippen molar-refractivity contribution < 1.29 is 14.3 Å². The summed E-state index contributed by atoms with van der Waals surface area (Å²) >= 11 is 0. The Morgan fingerprint density at radius 1 is 1.17 bits per heavy atom. The van der Waals surface area contributed by atoms with Gasteiger partial charge in [0.2, 0.25) is 11.8 Å². The molecule has 3 unspecified atom stereocenters. The van der Waals surface area contributed by atoms with E-state index in [0.29, 0.717) is 36.7 Å². The number of aromatic nitrogens is 1. The number of nitrogens with one attached hydrogen (secondary N) is 2. The van der Waals surface area contributed by atoms with Crippen molar-refractivity contribution in [2.24, 2.45) is 5.92 Å². The summed E-state index contributed by atoms with van der Waals surface area (Å²) in [5.41, 5.74) is 0.963. The molecule has 29 heavy (non-hydrogen) atoms. The Labute approximate surface area is 172 Å². The summed E-state index contributed by atoms with van der Waals surface area (Å²) < 4.78 is 11.3. The van der Waals surface area contributed by atoms with Gasteiger partial charge in [-0.25, -0.2) is 4.98 Å². The zero-order valence-electron chi connectivity index (χ0n) is 16.9. The molecule has 1 saturated heterocycles. The lowest BCUT2D eigenvalue weighted by Gasteiger charge is -2.24. The van der Waals surface area contributed by atoms with Crippen LogP contribution in [-0.2, 0) is 11.3 Å². The Morgan fingerprint density at radius 3 is 2.76 bits per heavy atom. The van der Waals surface area contributed by atoms with Gasteiger partial charge in [0.05, 0.1) is 12.6 Å². The first kappa shape index (κ1) is 19.7. The molecular formula is C23H29N3O3. The molecule has 2 heterocycles. The van der Waals surface area contributed by atoms with Crippen LogP contribution in [0.3, 0.4) is 0 Å². The molecule has 4 rings (SSSR count). The molecule has 0 spiro atoms. The predicted octanol–water partition coefficient (Wildman–Crippen LogP) is 3.81. The highest BCUT2D eigenvalue weighted by atomic mass is 16.5. The maximum Gasteiger partial charge on any atom is 0.237 e. The van der Waals surface area contributed by atoms with Gasteiger partial charge in [-0.1, -0.05) is 12.8 Å². The topological polar surface area (TPSA) is 72.5 Å². The molecule has 1 aromatic heterocycles. The van der Waals surface area contributed by atoms with Crippen molar-refractivity contribution in [3.05, 3.63) is 48.2 Å². The Kier molecular flexibility index (Phi) is 6.30. The largest absolute Gasteiger partial charge is 0.494 e. The Bertz CT molecular complexity index is 810. The zero-order valence-corrected chi connectivity index (χ0v) is 16.9. The summed E-state index contributed by atoms with van der Waals surface area (Å²) in [6, 6.07) is 11.7. The van der Waals surface area contributed by atoms with Crippen LogP contribution in [0.1, 0.15) is 44.6 Å². The maximum absolute atomic E-state index is 12.6. The molecule has 2 aromatic rings. The lowest BCUT2D eigenvalue weighted by Crippen LogP contribution is -2.42. The molecule has 2 N–H and O–H groups in total. The molecule has 1 aliphatic heterocycles. The summed E-state index contributed by atoms with van der Waals surface area (Å²) in [5.74, 6) is 2.76. The van der Waals surface area contributed by atoms with Gasteiger partial charge in [-0.3, -0.25) is 4.79 Å². The Balaban J connectivity index is 1.30. The molecule has 1 aromatic carbocycles. The van der Waals surface area contributed by atoms with Gasteiger partial charge in [-0.05, 0) is 68.0 Å². The molecule has 154 valence electrons. The van der Waals surface area contributed by atoms with E-state index in [9.17, 15) is 4.79 Å². The van der Waals surface area contributed by atoms with E-state index in [1.54, 1.807) is 6.20 Å². The van der Waals surface area contributed by atoms with Crippen LogP contribution < -0.4 is 20.1 Å². The van der Waals surface area contributed by atoms with Gasteiger partial charge in [0, 0.05) is 24.8 Å². The number of hydrogen-bond donors (Lipinski definition) is 2. The van der Waals surface area contributed by atoms with Gasteiger partial charge in [-0.2, -0.15) is 0 Å². The molecule has 1 saturated carbocycles. The molecule has 0 bridgehead atoms. The van der Waals surface area contributed by atoms with Gasteiger partial charge in [0.25, 0.3) is 0 Å². The molecule has 2 fully saturated rings. The smallest absolute Gasteiger partial charge is 0.237 e. The van der Waals surface area contributed by atoms with E-state index in [4.69, 9.17) is 9.47 Å². The number of amides is 1. The summed E-state index contributed by atoms with van der Waals surface area (Å²) in [6.45, 7) is 3.05. The van der Waals surface area contributed by atoms with Crippen molar-refractivity contribution in [1.82, 2.24) is 15.6 Å². The number of nitrogens with zero attached hydrogens (tertiary/aromatic N) is 1. The predicted molar refractivity (Wildman–Crippen MR) is 111 cm³/mol. The van der Waals surface area contributed by atoms with Crippen LogP contribution in [0.4, 0.5) is 0 Å². The fraction of sp³-hybridized carbons (Fsp3) is 0.478. The number of rotatable bonds is 7. The van der Waals surface area contributed by atoms with E-state index < -0.39 is 0 Å². The summed E-state index contributed by atoms with van der Waals surface area (Å²) in [5, 5.41) is 6.59. The molecule has 3 atom stereocenters. The fourth-order valence-electron chi connectivity index (χ4n) is 4.34. The van der Waals surface area contributed by atoms with Crippen LogP contribution in [0.15, 0.2) is 42.6 Å². The van der Waals surface area contributed by atoms with E-state index in [1.165, 1.54) is 25.7 Å². The first-order chi connectivity index (χ1) is 14.2. The average molecular weight is 396 g/mol. The minimum absolute atomic E-state index is 0.0653. The van der Waals surface area contributed by atoms with Gasteiger partial charge >= 0.3 is 0 Å². The number of hydrogen-bond acceptors (Lipinski definition) is 5. The lowest BCUT2D eigenvalue weighted by atomic mass is 9.85. The standard InChI is InChI=1S/C23H29N3O3/c1-2-28-18-7-9-19(10-8-18)29-22-13-16(11-12-24-22)15-25-23(27)21-14-17-5-3-4-6-20(17)26-21/h7-13,17,20-21,26H,2-6,14-15H2,1H3,(H,25,27). The molecule has 1 amide bonds. The monoisotopic (exact) mass is 395 g/mol. The molecule has 6 heteroatoms. The van der Waals surface area contributed by atoms with Crippen LogP contribution in [0.5, 0.6) is 17.4 Å². The summed E-state index contributed by atoms with van der Waals surface area (Å²) in [7, 11) is 0. The maximum atomic E-state index is 12.6. The van der Waals surface area contributed by atoms with Crippen molar-refractivity contribution in [2.45, 2.75) is 57.7 Å². The second kappa shape index (κ2) is 9.27. The molecule has 6 nitrogen and oxygen atoms in total. The second-order valence-corrected chi connectivity index (χ2v) is 7.83. The van der Waals surface area contributed by atoms with Crippen LogP contribution in [-0.4, -0.2) is 29.6 Å². The number of pyridine rings is 1.